The van der Waals surface area contributed by atoms with Crippen molar-refractivity contribution in [2.24, 2.45) is 0 Å². The Balaban J connectivity index is 2.31. The van der Waals surface area contributed by atoms with Crippen LogP contribution in [0.2, 0.25) is 0 Å². The molecule has 11 heavy (non-hydrogen) atoms. The van der Waals surface area contributed by atoms with Crippen LogP contribution in [0.25, 0.3) is 0 Å². The van der Waals surface area contributed by atoms with E-state index >= 15 is 0 Å². The van der Waals surface area contributed by atoms with Crippen molar-refractivity contribution in [3.8, 4) is 0 Å². The molecule has 0 aromatic rings. The molecule has 0 nitrogen and oxygen atoms in total. The molecule has 0 bridgehead atoms. The molecule has 0 heterocycles. The zero-order valence-electron chi connectivity index (χ0n) is 7.73. The molecule has 0 unspecified atom stereocenters. The fourth-order valence-corrected chi connectivity index (χ4v) is 1.82. The zero-order chi connectivity index (χ0) is 7.94. The monoisotopic (exact) mass is 152 g/mol. The first-order chi connectivity index (χ1) is 5.43. The van der Waals surface area contributed by atoms with Crippen LogP contribution in [-0.2, 0) is 0 Å². The molecule has 0 aromatic carbocycles. The van der Waals surface area contributed by atoms with Crippen molar-refractivity contribution in [2.45, 2.75) is 58.3 Å². The van der Waals surface area contributed by atoms with Gasteiger partial charge in [0.1, 0.15) is 0 Å². The van der Waals surface area contributed by atoms with Gasteiger partial charge < -0.3 is 0 Å². The highest BCUT2D eigenvalue weighted by Gasteiger charge is 2.00. The van der Waals surface area contributed by atoms with E-state index in [1.54, 1.807) is 5.57 Å². The van der Waals surface area contributed by atoms with Gasteiger partial charge in [0.15, 0.2) is 0 Å². The average molecular weight is 152 g/mol. The van der Waals surface area contributed by atoms with E-state index in [2.05, 4.69) is 13.0 Å². The molecule has 0 aromatic heterocycles. The van der Waals surface area contributed by atoms with Crippen molar-refractivity contribution < 1.29 is 0 Å². The van der Waals surface area contributed by atoms with Gasteiger partial charge in [0.05, 0.1) is 0 Å². The number of allylic oxidation sites excluding steroid dienone is 2. The summed E-state index contributed by atoms with van der Waals surface area (Å²) in [5.74, 6) is 0. The molecule has 0 spiro atoms. The van der Waals surface area contributed by atoms with Crippen molar-refractivity contribution in [3.05, 3.63) is 11.6 Å². The number of hydrogen-bond donors (Lipinski definition) is 0. The summed E-state index contributed by atoms with van der Waals surface area (Å²) in [6, 6.07) is 0. The summed E-state index contributed by atoms with van der Waals surface area (Å²) >= 11 is 0. The molecule has 1 rings (SSSR count). The minimum absolute atomic E-state index is 1.37. The molecule has 0 saturated heterocycles. The SMILES string of the molecule is CC=C1CCCCCCCC1. The second-order valence-corrected chi connectivity index (χ2v) is 3.57. The summed E-state index contributed by atoms with van der Waals surface area (Å²) in [6.45, 7) is 2.19. The summed E-state index contributed by atoms with van der Waals surface area (Å²) in [7, 11) is 0. The van der Waals surface area contributed by atoms with E-state index in [4.69, 9.17) is 0 Å². The summed E-state index contributed by atoms with van der Waals surface area (Å²) in [5.41, 5.74) is 1.70. The van der Waals surface area contributed by atoms with Gasteiger partial charge in [-0.3, -0.25) is 0 Å². The fraction of sp³-hybridized carbons (Fsp3) is 0.818. The van der Waals surface area contributed by atoms with E-state index in [0.29, 0.717) is 0 Å². The second-order valence-electron chi connectivity index (χ2n) is 3.57. The normalized spacial score (nSPS) is 21.7. The van der Waals surface area contributed by atoms with Crippen LogP contribution >= 0.6 is 0 Å². The van der Waals surface area contributed by atoms with Crippen LogP contribution in [0.5, 0.6) is 0 Å². The highest BCUT2D eigenvalue weighted by Crippen LogP contribution is 2.20. The van der Waals surface area contributed by atoms with Crippen LogP contribution in [0.3, 0.4) is 0 Å². The van der Waals surface area contributed by atoms with Crippen LogP contribution in [0.4, 0.5) is 0 Å². The third-order valence-corrected chi connectivity index (χ3v) is 2.65. The summed E-state index contributed by atoms with van der Waals surface area (Å²) in [5, 5.41) is 0. The van der Waals surface area contributed by atoms with Crippen molar-refractivity contribution >= 4 is 0 Å². The Morgan fingerprint density at radius 1 is 0.818 bits per heavy atom. The Morgan fingerprint density at radius 2 is 1.27 bits per heavy atom. The minimum atomic E-state index is 1.37. The highest BCUT2D eigenvalue weighted by molar-refractivity contribution is 5.00. The van der Waals surface area contributed by atoms with Gasteiger partial charge in [-0.15, -0.1) is 0 Å². The fourth-order valence-electron chi connectivity index (χ4n) is 1.82. The van der Waals surface area contributed by atoms with Crippen molar-refractivity contribution in [1.82, 2.24) is 0 Å². The third kappa shape index (κ3) is 3.60. The van der Waals surface area contributed by atoms with Crippen LogP contribution in [0.15, 0.2) is 11.6 Å². The first-order valence-corrected chi connectivity index (χ1v) is 5.07. The van der Waals surface area contributed by atoms with Crippen LogP contribution < -0.4 is 0 Å². The molecular formula is C11H20. The Morgan fingerprint density at radius 3 is 1.73 bits per heavy atom. The Kier molecular flexibility index (Phi) is 4.33. The minimum Gasteiger partial charge on any atom is -0.0885 e. The summed E-state index contributed by atoms with van der Waals surface area (Å²) < 4.78 is 0. The lowest BCUT2D eigenvalue weighted by Crippen LogP contribution is -1.82. The Labute approximate surface area is 70.7 Å². The van der Waals surface area contributed by atoms with E-state index in [1.165, 1.54) is 51.4 Å². The molecule has 1 aliphatic rings. The predicted molar refractivity (Wildman–Crippen MR) is 50.7 cm³/mol. The van der Waals surface area contributed by atoms with E-state index in [9.17, 15) is 0 Å². The largest absolute Gasteiger partial charge is 0.0885 e. The lowest BCUT2D eigenvalue weighted by molar-refractivity contribution is 0.624. The van der Waals surface area contributed by atoms with E-state index in [0.717, 1.165) is 0 Å². The van der Waals surface area contributed by atoms with Crippen molar-refractivity contribution in [3.63, 3.8) is 0 Å². The first-order valence-electron chi connectivity index (χ1n) is 5.07. The standard InChI is InChI=1S/C11H20/c1-2-11-9-7-5-3-4-6-8-10-11/h2H,3-10H2,1H3. The summed E-state index contributed by atoms with van der Waals surface area (Å²) in [4.78, 5) is 0. The quantitative estimate of drug-likeness (QED) is 0.459. The molecule has 0 N–H and O–H groups in total. The molecule has 0 aliphatic heterocycles. The molecule has 64 valence electrons. The zero-order valence-corrected chi connectivity index (χ0v) is 7.73. The topological polar surface area (TPSA) is 0 Å². The van der Waals surface area contributed by atoms with Gasteiger partial charge in [0.2, 0.25) is 0 Å². The van der Waals surface area contributed by atoms with Crippen LogP contribution in [-0.4, -0.2) is 0 Å². The third-order valence-electron chi connectivity index (χ3n) is 2.65. The van der Waals surface area contributed by atoms with Gasteiger partial charge in [-0.05, 0) is 32.6 Å². The van der Waals surface area contributed by atoms with Crippen molar-refractivity contribution in [1.29, 1.82) is 0 Å². The van der Waals surface area contributed by atoms with Crippen molar-refractivity contribution in [2.75, 3.05) is 0 Å². The second kappa shape index (κ2) is 5.40. The lowest BCUT2D eigenvalue weighted by Gasteiger charge is -2.02. The van der Waals surface area contributed by atoms with Gasteiger partial charge >= 0.3 is 0 Å². The molecule has 1 saturated carbocycles. The maximum absolute atomic E-state index is 2.32. The number of hydrogen-bond acceptors (Lipinski definition) is 0. The van der Waals surface area contributed by atoms with Gasteiger partial charge in [-0.2, -0.15) is 0 Å². The molecule has 0 amide bonds. The highest BCUT2D eigenvalue weighted by atomic mass is 14.1. The molecule has 0 radical (unpaired) electrons. The van der Waals surface area contributed by atoms with E-state index in [-0.39, 0.29) is 0 Å². The molecule has 0 heteroatoms. The van der Waals surface area contributed by atoms with E-state index < -0.39 is 0 Å². The average Bonchev–Trinajstić information content (AvgIpc) is 2.16. The molecule has 1 fully saturated rings. The Hall–Kier alpha value is -0.260. The summed E-state index contributed by atoms with van der Waals surface area (Å²) in [6.07, 6.45) is 13.8. The molecule has 1 aliphatic carbocycles. The maximum Gasteiger partial charge on any atom is -0.0320 e. The lowest BCUT2D eigenvalue weighted by atomic mass is 10.0. The van der Waals surface area contributed by atoms with E-state index in [1.807, 2.05) is 0 Å². The maximum atomic E-state index is 2.32. The smallest absolute Gasteiger partial charge is 0.0320 e. The first kappa shape index (κ1) is 8.83. The Bertz CT molecular complexity index is 110. The predicted octanol–water partition coefficient (Wildman–Crippen LogP) is 4.07. The van der Waals surface area contributed by atoms with Crippen LogP contribution in [0, 0.1) is 0 Å². The molecule has 0 atom stereocenters. The van der Waals surface area contributed by atoms with Crippen LogP contribution in [0.1, 0.15) is 58.3 Å². The molecular weight excluding hydrogens is 132 g/mol. The van der Waals surface area contributed by atoms with Gasteiger partial charge in [0, 0.05) is 0 Å². The van der Waals surface area contributed by atoms with Gasteiger partial charge in [-0.1, -0.05) is 37.3 Å². The number of rotatable bonds is 0. The van der Waals surface area contributed by atoms with Gasteiger partial charge in [-0.25, -0.2) is 0 Å². The van der Waals surface area contributed by atoms with Gasteiger partial charge in [0.25, 0.3) is 0 Å².